The zero-order chi connectivity index (χ0) is 19.1. The Morgan fingerprint density at radius 3 is 1.40 bits per heavy atom. The van der Waals surface area contributed by atoms with Crippen molar-refractivity contribution >= 4 is 8.45 Å². The molecule has 0 saturated carbocycles. The molecule has 0 aliphatic rings. The Morgan fingerprint density at radius 2 is 1.08 bits per heavy atom. The lowest BCUT2D eigenvalue weighted by Crippen LogP contribution is -2.43. The number of benzene rings is 1. The standard InChI is InChI=1S/C21H39N2OP/c1-10-20-11-13-21(14-12-20)15-24-25(22(16(2)3)17(4)5)23(18(6)7)19(8)9/h11-14,16-19H,10,15H2,1-9H3. The van der Waals surface area contributed by atoms with Gasteiger partial charge in [0.25, 0.3) is 0 Å². The molecule has 0 fully saturated rings. The van der Waals surface area contributed by atoms with Crippen LogP contribution in [0.2, 0.25) is 0 Å². The van der Waals surface area contributed by atoms with Gasteiger partial charge in [-0.1, -0.05) is 31.2 Å². The normalized spacial score (nSPS) is 12.8. The number of hydrogen-bond donors (Lipinski definition) is 0. The summed E-state index contributed by atoms with van der Waals surface area (Å²) in [6.45, 7) is 21.0. The fraction of sp³-hybridized carbons (Fsp3) is 0.714. The third-order valence-corrected chi connectivity index (χ3v) is 7.29. The SMILES string of the molecule is CCc1ccc(COP(N(C(C)C)C(C)C)N(C(C)C)C(C)C)cc1. The van der Waals surface area contributed by atoms with E-state index in [0.29, 0.717) is 30.8 Å². The molecule has 144 valence electrons. The monoisotopic (exact) mass is 366 g/mol. The first-order valence-electron chi connectivity index (χ1n) is 9.76. The molecule has 0 atom stereocenters. The molecule has 0 N–H and O–H groups in total. The highest BCUT2D eigenvalue weighted by Gasteiger charge is 2.34. The van der Waals surface area contributed by atoms with Gasteiger partial charge in [-0.3, -0.25) is 0 Å². The van der Waals surface area contributed by atoms with Crippen molar-refractivity contribution in [3.05, 3.63) is 35.4 Å². The lowest BCUT2D eigenvalue weighted by molar-refractivity contribution is 0.182. The average molecular weight is 367 g/mol. The van der Waals surface area contributed by atoms with Crippen molar-refractivity contribution in [1.29, 1.82) is 0 Å². The highest BCUT2D eigenvalue weighted by Crippen LogP contribution is 2.51. The maximum Gasteiger partial charge on any atom is 0.189 e. The highest BCUT2D eigenvalue weighted by molar-refractivity contribution is 7.47. The molecule has 1 aromatic carbocycles. The molecule has 0 saturated heterocycles. The maximum atomic E-state index is 6.59. The number of rotatable bonds is 10. The van der Waals surface area contributed by atoms with E-state index in [1.165, 1.54) is 11.1 Å². The molecule has 0 heterocycles. The van der Waals surface area contributed by atoms with Crippen molar-refractivity contribution in [1.82, 2.24) is 9.34 Å². The van der Waals surface area contributed by atoms with Crippen molar-refractivity contribution < 1.29 is 4.52 Å². The Hall–Kier alpha value is -0.470. The summed E-state index contributed by atoms with van der Waals surface area (Å²) in [5.41, 5.74) is 2.63. The summed E-state index contributed by atoms with van der Waals surface area (Å²) in [5, 5.41) is 0. The van der Waals surface area contributed by atoms with Gasteiger partial charge in [-0.2, -0.15) is 0 Å². The van der Waals surface area contributed by atoms with Gasteiger partial charge in [0.2, 0.25) is 0 Å². The van der Waals surface area contributed by atoms with Crippen LogP contribution < -0.4 is 0 Å². The molecule has 0 unspecified atom stereocenters. The van der Waals surface area contributed by atoms with Gasteiger partial charge in [-0.25, -0.2) is 9.34 Å². The quantitative estimate of drug-likeness (QED) is 0.457. The summed E-state index contributed by atoms with van der Waals surface area (Å²) < 4.78 is 11.7. The summed E-state index contributed by atoms with van der Waals surface area (Å²) in [5.74, 6) is 0. The van der Waals surface area contributed by atoms with Gasteiger partial charge in [0.1, 0.15) is 0 Å². The molecule has 1 rings (SSSR count). The molecular formula is C21H39N2OP. The number of nitrogens with zero attached hydrogens (tertiary/aromatic N) is 2. The van der Waals surface area contributed by atoms with E-state index in [0.717, 1.165) is 6.42 Å². The van der Waals surface area contributed by atoms with Crippen LogP contribution in [0, 0.1) is 0 Å². The second-order valence-electron chi connectivity index (χ2n) is 7.83. The van der Waals surface area contributed by atoms with Crippen LogP contribution >= 0.6 is 8.45 Å². The minimum Gasteiger partial charge on any atom is -0.326 e. The van der Waals surface area contributed by atoms with Gasteiger partial charge in [-0.05, 0) is 72.9 Å². The van der Waals surface area contributed by atoms with Crippen LogP contribution in [0.5, 0.6) is 0 Å². The Bertz CT molecular complexity index is 449. The van der Waals surface area contributed by atoms with E-state index in [1.54, 1.807) is 0 Å². The predicted molar refractivity (Wildman–Crippen MR) is 112 cm³/mol. The maximum absolute atomic E-state index is 6.59. The van der Waals surface area contributed by atoms with E-state index in [9.17, 15) is 0 Å². The molecule has 0 radical (unpaired) electrons. The fourth-order valence-electron chi connectivity index (χ4n) is 3.24. The van der Waals surface area contributed by atoms with Crippen LogP contribution in [0.4, 0.5) is 0 Å². The molecule has 25 heavy (non-hydrogen) atoms. The zero-order valence-corrected chi connectivity index (χ0v) is 18.7. The first-order chi connectivity index (χ1) is 11.7. The molecule has 0 spiro atoms. The van der Waals surface area contributed by atoms with E-state index in [1.807, 2.05) is 0 Å². The topological polar surface area (TPSA) is 15.7 Å². The summed E-state index contributed by atoms with van der Waals surface area (Å²) in [6.07, 6.45) is 1.08. The second-order valence-corrected chi connectivity index (χ2v) is 9.52. The van der Waals surface area contributed by atoms with Crippen LogP contribution in [0.3, 0.4) is 0 Å². The van der Waals surface area contributed by atoms with Gasteiger partial charge in [0.05, 0.1) is 6.61 Å². The Labute approximate surface area is 157 Å². The fourth-order valence-corrected chi connectivity index (χ4v) is 5.59. The first-order valence-corrected chi connectivity index (χ1v) is 10.9. The second kappa shape index (κ2) is 10.6. The van der Waals surface area contributed by atoms with E-state index in [-0.39, 0.29) is 0 Å². The summed E-state index contributed by atoms with van der Waals surface area (Å²) in [7, 11) is -0.814. The Kier molecular flexibility index (Phi) is 9.59. The first kappa shape index (κ1) is 22.6. The van der Waals surface area contributed by atoms with Crippen molar-refractivity contribution in [2.75, 3.05) is 0 Å². The molecule has 3 nitrogen and oxygen atoms in total. The Balaban J connectivity index is 3.03. The summed E-state index contributed by atoms with van der Waals surface area (Å²) >= 11 is 0. The summed E-state index contributed by atoms with van der Waals surface area (Å²) in [6, 6.07) is 10.6. The van der Waals surface area contributed by atoms with Crippen LogP contribution in [-0.2, 0) is 17.6 Å². The van der Waals surface area contributed by atoms with E-state index < -0.39 is 8.45 Å². The molecule has 0 bridgehead atoms. The van der Waals surface area contributed by atoms with Crippen LogP contribution in [0.1, 0.15) is 73.4 Å². The van der Waals surface area contributed by atoms with E-state index >= 15 is 0 Å². The van der Waals surface area contributed by atoms with Crippen LogP contribution in [0.15, 0.2) is 24.3 Å². The minimum atomic E-state index is -0.814. The van der Waals surface area contributed by atoms with Crippen LogP contribution in [-0.4, -0.2) is 33.5 Å². The van der Waals surface area contributed by atoms with Crippen molar-refractivity contribution in [2.45, 2.75) is 99.5 Å². The molecule has 4 heteroatoms. The largest absolute Gasteiger partial charge is 0.326 e. The number of hydrogen-bond acceptors (Lipinski definition) is 3. The molecule has 0 aromatic heterocycles. The third kappa shape index (κ3) is 6.64. The van der Waals surface area contributed by atoms with Gasteiger partial charge < -0.3 is 4.52 Å². The van der Waals surface area contributed by atoms with E-state index in [2.05, 4.69) is 95.9 Å². The molecule has 0 aliphatic heterocycles. The van der Waals surface area contributed by atoms with E-state index in [4.69, 9.17) is 4.52 Å². The lowest BCUT2D eigenvalue weighted by atomic mass is 10.1. The van der Waals surface area contributed by atoms with Crippen molar-refractivity contribution in [3.63, 3.8) is 0 Å². The molecular weight excluding hydrogens is 327 g/mol. The zero-order valence-electron chi connectivity index (χ0n) is 17.8. The Morgan fingerprint density at radius 1 is 0.720 bits per heavy atom. The third-order valence-electron chi connectivity index (χ3n) is 4.29. The average Bonchev–Trinajstić information content (AvgIpc) is 2.51. The highest BCUT2D eigenvalue weighted by atomic mass is 31.2. The van der Waals surface area contributed by atoms with Crippen molar-refractivity contribution in [3.8, 4) is 0 Å². The van der Waals surface area contributed by atoms with Gasteiger partial charge >= 0.3 is 0 Å². The molecule has 0 amide bonds. The van der Waals surface area contributed by atoms with Gasteiger partial charge in [0.15, 0.2) is 8.45 Å². The molecule has 1 aromatic rings. The van der Waals surface area contributed by atoms with Crippen LogP contribution in [0.25, 0.3) is 0 Å². The lowest BCUT2D eigenvalue weighted by Gasteiger charge is -2.45. The van der Waals surface area contributed by atoms with Crippen molar-refractivity contribution in [2.24, 2.45) is 0 Å². The smallest absolute Gasteiger partial charge is 0.189 e. The van der Waals surface area contributed by atoms with Gasteiger partial charge in [-0.15, -0.1) is 0 Å². The number of aryl methyl sites for hydroxylation is 1. The summed E-state index contributed by atoms with van der Waals surface area (Å²) in [4.78, 5) is 0. The van der Waals surface area contributed by atoms with Gasteiger partial charge in [0, 0.05) is 24.2 Å². The minimum absolute atomic E-state index is 0.452. The predicted octanol–water partition coefficient (Wildman–Crippen LogP) is 6.23. The molecule has 0 aliphatic carbocycles.